The number of anilines is 1. The van der Waals surface area contributed by atoms with Crippen molar-refractivity contribution in [1.29, 1.82) is 0 Å². The van der Waals surface area contributed by atoms with Gasteiger partial charge in [-0.25, -0.2) is 0 Å². The Morgan fingerprint density at radius 1 is 1.47 bits per heavy atom. The number of carbonyl (C=O) groups is 1. The number of halogens is 1. The number of hydrogen-bond donors (Lipinski definition) is 0. The number of aldehydes is 1. The molecule has 1 aliphatic rings. The summed E-state index contributed by atoms with van der Waals surface area (Å²) in [6.45, 7) is 2.02. The molecule has 17 heavy (non-hydrogen) atoms. The molecule has 1 aliphatic heterocycles. The third kappa shape index (κ3) is 2.71. The molecule has 0 N–H and O–H groups in total. The molecule has 0 radical (unpaired) electrons. The normalized spacial score (nSPS) is 19.8. The van der Waals surface area contributed by atoms with Crippen LogP contribution < -0.4 is 4.90 Å². The highest BCUT2D eigenvalue weighted by atomic mass is 35.5. The Morgan fingerprint density at radius 2 is 2.29 bits per heavy atom. The van der Waals surface area contributed by atoms with Gasteiger partial charge in [0.25, 0.3) is 0 Å². The van der Waals surface area contributed by atoms with Crippen LogP contribution in [0.1, 0.15) is 13.3 Å². The van der Waals surface area contributed by atoms with Crippen molar-refractivity contribution >= 4 is 23.7 Å². The van der Waals surface area contributed by atoms with Crippen LogP contribution in [0.4, 0.5) is 5.82 Å². The molecule has 2 heterocycles. The first-order valence-electron chi connectivity index (χ1n) is 5.32. The van der Waals surface area contributed by atoms with Crippen molar-refractivity contribution in [2.24, 2.45) is 5.92 Å². The Bertz CT molecular complexity index is 467. The lowest BCUT2D eigenvalue weighted by Gasteiger charge is -2.13. The van der Waals surface area contributed by atoms with Gasteiger partial charge in [0, 0.05) is 18.0 Å². The number of nitrogens with zero attached hydrogens (tertiary/aromatic N) is 3. The van der Waals surface area contributed by atoms with Gasteiger partial charge in [-0.05, 0) is 24.5 Å². The minimum Gasteiger partial charge on any atom is -0.307 e. The molecule has 1 aromatic heterocycles. The Balaban J connectivity index is 2.33. The maximum atomic E-state index is 11.0. The zero-order chi connectivity index (χ0) is 12.3. The molecule has 1 unspecified atom stereocenters. The standard InChI is InChI=1S/C12H12ClN3O/c1-9-3-2-6-16(7-10(9)8-17)12-5-4-11(13)14-15-12/h2,4-9H,3H2,1H3. The van der Waals surface area contributed by atoms with Gasteiger partial charge in [0.05, 0.1) is 0 Å². The third-order valence-electron chi connectivity index (χ3n) is 2.63. The van der Waals surface area contributed by atoms with Gasteiger partial charge in [-0.15, -0.1) is 10.2 Å². The van der Waals surface area contributed by atoms with Crippen LogP contribution in [0.15, 0.2) is 36.2 Å². The van der Waals surface area contributed by atoms with Gasteiger partial charge < -0.3 is 4.90 Å². The molecule has 0 aliphatic carbocycles. The van der Waals surface area contributed by atoms with E-state index in [0.717, 1.165) is 18.3 Å². The summed E-state index contributed by atoms with van der Waals surface area (Å²) in [6, 6.07) is 3.43. The predicted octanol–water partition coefficient (Wildman–Crippen LogP) is 2.57. The molecule has 0 saturated carbocycles. The van der Waals surface area contributed by atoms with Gasteiger partial charge in [-0.1, -0.05) is 24.6 Å². The summed E-state index contributed by atoms with van der Waals surface area (Å²) < 4.78 is 0. The summed E-state index contributed by atoms with van der Waals surface area (Å²) in [7, 11) is 0. The van der Waals surface area contributed by atoms with E-state index in [0.29, 0.717) is 11.0 Å². The summed E-state index contributed by atoms with van der Waals surface area (Å²) in [6.07, 6.45) is 7.38. The maximum absolute atomic E-state index is 11.0. The molecule has 1 atom stereocenters. The van der Waals surface area contributed by atoms with Crippen molar-refractivity contribution in [2.75, 3.05) is 4.90 Å². The highest BCUT2D eigenvalue weighted by Crippen LogP contribution is 2.21. The smallest absolute Gasteiger partial charge is 0.159 e. The zero-order valence-corrected chi connectivity index (χ0v) is 10.1. The number of hydrogen-bond acceptors (Lipinski definition) is 4. The average molecular weight is 250 g/mol. The van der Waals surface area contributed by atoms with Crippen LogP contribution in [-0.4, -0.2) is 16.5 Å². The van der Waals surface area contributed by atoms with Crippen LogP contribution >= 0.6 is 11.6 Å². The second-order valence-corrected chi connectivity index (χ2v) is 4.28. The molecule has 88 valence electrons. The van der Waals surface area contributed by atoms with Crippen molar-refractivity contribution in [3.8, 4) is 0 Å². The van der Waals surface area contributed by atoms with Crippen LogP contribution in [-0.2, 0) is 4.79 Å². The fourth-order valence-corrected chi connectivity index (χ4v) is 1.68. The van der Waals surface area contributed by atoms with E-state index in [1.165, 1.54) is 0 Å². The average Bonchev–Trinajstić information content (AvgIpc) is 2.52. The monoisotopic (exact) mass is 249 g/mol. The van der Waals surface area contributed by atoms with Gasteiger partial charge in [-0.2, -0.15) is 0 Å². The second kappa shape index (κ2) is 5.10. The molecular formula is C12H12ClN3O. The fourth-order valence-electron chi connectivity index (χ4n) is 1.58. The second-order valence-electron chi connectivity index (χ2n) is 3.89. The SMILES string of the molecule is CC1CC=CN(c2ccc(Cl)nn2)C=C1C=O. The van der Waals surface area contributed by atoms with Crippen molar-refractivity contribution in [3.63, 3.8) is 0 Å². The zero-order valence-electron chi connectivity index (χ0n) is 9.38. The van der Waals surface area contributed by atoms with Gasteiger partial charge >= 0.3 is 0 Å². The van der Waals surface area contributed by atoms with E-state index in [-0.39, 0.29) is 5.92 Å². The number of aromatic nitrogens is 2. The highest BCUT2D eigenvalue weighted by Gasteiger charge is 2.13. The molecule has 0 aromatic carbocycles. The summed E-state index contributed by atoms with van der Waals surface area (Å²) in [5.74, 6) is 0.855. The van der Waals surface area contributed by atoms with E-state index in [1.54, 1.807) is 23.2 Å². The predicted molar refractivity (Wildman–Crippen MR) is 66.6 cm³/mol. The van der Waals surface area contributed by atoms with E-state index >= 15 is 0 Å². The lowest BCUT2D eigenvalue weighted by atomic mass is 10.0. The lowest BCUT2D eigenvalue weighted by molar-refractivity contribution is -0.105. The van der Waals surface area contributed by atoms with Crippen LogP contribution in [0.3, 0.4) is 0 Å². The van der Waals surface area contributed by atoms with Gasteiger partial charge in [0.2, 0.25) is 0 Å². The summed E-state index contributed by atoms with van der Waals surface area (Å²) in [5, 5.41) is 8.09. The summed E-state index contributed by atoms with van der Waals surface area (Å²) >= 11 is 5.68. The Labute approximate surface area is 105 Å². The molecular weight excluding hydrogens is 238 g/mol. The first-order valence-corrected chi connectivity index (χ1v) is 5.69. The topological polar surface area (TPSA) is 46.1 Å². The minimum absolute atomic E-state index is 0.217. The minimum atomic E-state index is 0.217. The fraction of sp³-hybridized carbons (Fsp3) is 0.250. The van der Waals surface area contributed by atoms with Crippen LogP contribution in [0.5, 0.6) is 0 Å². The van der Waals surface area contributed by atoms with E-state index < -0.39 is 0 Å². The molecule has 0 spiro atoms. The molecule has 0 saturated heterocycles. The summed E-state index contributed by atoms with van der Waals surface area (Å²) in [5.41, 5.74) is 0.742. The van der Waals surface area contributed by atoms with E-state index in [1.807, 2.05) is 19.2 Å². The maximum Gasteiger partial charge on any atom is 0.159 e. The third-order valence-corrected chi connectivity index (χ3v) is 2.83. The van der Waals surface area contributed by atoms with Crippen molar-refractivity contribution in [3.05, 3.63) is 41.3 Å². The van der Waals surface area contributed by atoms with Gasteiger partial charge in [0.15, 0.2) is 11.0 Å². The van der Waals surface area contributed by atoms with E-state index in [4.69, 9.17) is 11.6 Å². The highest BCUT2D eigenvalue weighted by molar-refractivity contribution is 6.29. The van der Waals surface area contributed by atoms with E-state index in [2.05, 4.69) is 10.2 Å². The molecule has 4 nitrogen and oxygen atoms in total. The van der Waals surface area contributed by atoms with Gasteiger partial charge in [-0.3, -0.25) is 4.79 Å². The molecule has 2 rings (SSSR count). The largest absolute Gasteiger partial charge is 0.307 e. The number of allylic oxidation sites excluding steroid dienone is 2. The Kier molecular flexibility index (Phi) is 3.54. The first kappa shape index (κ1) is 11.8. The van der Waals surface area contributed by atoms with Crippen molar-refractivity contribution in [1.82, 2.24) is 10.2 Å². The van der Waals surface area contributed by atoms with Crippen LogP contribution in [0.25, 0.3) is 0 Å². The summed E-state index contributed by atoms with van der Waals surface area (Å²) in [4.78, 5) is 12.7. The lowest BCUT2D eigenvalue weighted by Crippen LogP contribution is -2.11. The number of rotatable bonds is 2. The number of carbonyl (C=O) groups excluding carboxylic acids is 1. The first-order chi connectivity index (χ1) is 8.20. The molecule has 5 heteroatoms. The Hall–Kier alpha value is -1.68. The molecule has 1 aromatic rings. The van der Waals surface area contributed by atoms with Crippen molar-refractivity contribution < 1.29 is 4.79 Å². The van der Waals surface area contributed by atoms with Gasteiger partial charge in [0.1, 0.15) is 6.29 Å². The molecule has 0 bridgehead atoms. The Morgan fingerprint density at radius 3 is 2.94 bits per heavy atom. The van der Waals surface area contributed by atoms with E-state index in [9.17, 15) is 4.79 Å². The van der Waals surface area contributed by atoms with Crippen molar-refractivity contribution in [2.45, 2.75) is 13.3 Å². The quantitative estimate of drug-likeness (QED) is 0.756. The molecule has 0 amide bonds. The van der Waals surface area contributed by atoms with Crippen LogP contribution in [0.2, 0.25) is 5.15 Å². The molecule has 0 fully saturated rings. The van der Waals surface area contributed by atoms with Crippen LogP contribution in [0, 0.1) is 5.92 Å².